The van der Waals surface area contributed by atoms with Gasteiger partial charge in [-0.25, -0.2) is 4.39 Å². The molecule has 4 nitrogen and oxygen atoms in total. The second-order valence-corrected chi connectivity index (χ2v) is 4.50. The van der Waals surface area contributed by atoms with E-state index in [9.17, 15) is 9.18 Å². The average Bonchev–Trinajstić information content (AvgIpc) is 2.42. The van der Waals surface area contributed by atoms with Crippen molar-refractivity contribution < 1.29 is 19.0 Å². The Kier molecular flexibility index (Phi) is 6.89. The fourth-order valence-electron chi connectivity index (χ4n) is 1.53. The normalized spacial score (nSPS) is 11.9. The van der Waals surface area contributed by atoms with Crippen molar-refractivity contribution in [2.45, 2.75) is 19.8 Å². The number of para-hydroxylation sites is 1. The lowest BCUT2D eigenvalue weighted by atomic mass is 10.1. The number of halogens is 1. The molecule has 0 saturated carbocycles. The van der Waals surface area contributed by atoms with Gasteiger partial charge >= 0.3 is 0 Å². The van der Waals surface area contributed by atoms with Crippen LogP contribution in [0.15, 0.2) is 24.3 Å². The number of benzene rings is 1. The molecule has 19 heavy (non-hydrogen) atoms. The number of rotatable bonds is 8. The smallest absolute Gasteiger partial charge is 0.257 e. The molecule has 1 unspecified atom stereocenters. The summed E-state index contributed by atoms with van der Waals surface area (Å²) in [5.41, 5.74) is 0. The largest absolute Gasteiger partial charge is 0.481 e. The van der Waals surface area contributed by atoms with Crippen LogP contribution in [-0.4, -0.2) is 30.8 Å². The molecule has 2 N–H and O–H groups in total. The van der Waals surface area contributed by atoms with E-state index in [4.69, 9.17) is 9.84 Å². The van der Waals surface area contributed by atoms with E-state index in [2.05, 4.69) is 5.32 Å². The minimum absolute atomic E-state index is 0.0755. The van der Waals surface area contributed by atoms with Gasteiger partial charge in [0.25, 0.3) is 5.91 Å². The van der Waals surface area contributed by atoms with Gasteiger partial charge in [-0.05, 0) is 30.9 Å². The molecule has 0 fully saturated rings. The maximum absolute atomic E-state index is 13.2. The third-order valence-corrected chi connectivity index (χ3v) is 2.70. The van der Waals surface area contributed by atoms with Crippen molar-refractivity contribution in [3.05, 3.63) is 30.1 Å². The number of aliphatic hydroxyl groups is 1. The van der Waals surface area contributed by atoms with Crippen LogP contribution in [0.25, 0.3) is 0 Å². The van der Waals surface area contributed by atoms with E-state index in [1.807, 2.05) is 6.92 Å². The van der Waals surface area contributed by atoms with Crippen LogP contribution < -0.4 is 10.1 Å². The van der Waals surface area contributed by atoms with E-state index in [1.165, 1.54) is 12.1 Å². The first kappa shape index (κ1) is 15.4. The van der Waals surface area contributed by atoms with E-state index < -0.39 is 5.82 Å². The second-order valence-electron chi connectivity index (χ2n) is 4.50. The Bertz CT molecular complexity index is 398. The molecule has 1 atom stereocenters. The molecule has 0 heterocycles. The number of amides is 1. The molecule has 0 aliphatic rings. The molecule has 0 aliphatic carbocycles. The Balaban J connectivity index is 2.16. The Hall–Kier alpha value is -1.62. The second kappa shape index (κ2) is 8.48. The predicted molar refractivity (Wildman–Crippen MR) is 70.4 cm³/mol. The first-order valence-corrected chi connectivity index (χ1v) is 6.38. The van der Waals surface area contributed by atoms with E-state index >= 15 is 0 Å². The van der Waals surface area contributed by atoms with Crippen LogP contribution in [0.2, 0.25) is 0 Å². The van der Waals surface area contributed by atoms with E-state index in [-0.39, 0.29) is 30.8 Å². The van der Waals surface area contributed by atoms with Gasteiger partial charge in [0.1, 0.15) is 0 Å². The molecule has 0 spiro atoms. The summed E-state index contributed by atoms with van der Waals surface area (Å²) in [6.07, 6.45) is 1.65. The van der Waals surface area contributed by atoms with Crippen LogP contribution in [-0.2, 0) is 4.79 Å². The highest BCUT2D eigenvalue weighted by Gasteiger charge is 2.06. The van der Waals surface area contributed by atoms with E-state index in [0.29, 0.717) is 6.54 Å². The summed E-state index contributed by atoms with van der Waals surface area (Å²) in [5.74, 6) is -0.440. The summed E-state index contributed by atoms with van der Waals surface area (Å²) >= 11 is 0. The Morgan fingerprint density at radius 1 is 1.47 bits per heavy atom. The molecule has 106 valence electrons. The van der Waals surface area contributed by atoms with Crippen molar-refractivity contribution in [3.63, 3.8) is 0 Å². The zero-order valence-electron chi connectivity index (χ0n) is 11.1. The Morgan fingerprint density at radius 2 is 2.21 bits per heavy atom. The van der Waals surface area contributed by atoms with Crippen molar-refractivity contribution in [1.29, 1.82) is 0 Å². The van der Waals surface area contributed by atoms with Crippen molar-refractivity contribution in [2.24, 2.45) is 5.92 Å². The summed E-state index contributed by atoms with van der Waals surface area (Å²) in [6.45, 7) is 2.44. The highest BCUT2D eigenvalue weighted by molar-refractivity contribution is 5.77. The number of carbonyl (C=O) groups excluding carboxylic acids is 1. The lowest BCUT2D eigenvalue weighted by Gasteiger charge is -2.09. The topological polar surface area (TPSA) is 58.6 Å². The average molecular weight is 269 g/mol. The molecule has 0 aliphatic heterocycles. The van der Waals surface area contributed by atoms with Crippen molar-refractivity contribution in [2.75, 3.05) is 19.8 Å². The summed E-state index contributed by atoms with van der Waals surface area (Å²) in [6, 6.07) is 5.96. The van der Waals surface area contributed by atoms with Crippen LogP contribution in [0.3, 0.4) is 0 Å². The highest BCUT2D eigenvalue weighted by Crippen LogP contribution is 2.14. The molecule has 1 amide bonds. The van der Waals surface area contributed by atoms with Gasteiger partial charge < -0.3 is 15.2 Å². The number of hydrogen-bond acceptors (Lipinski definition) is 3. The maximum atomic E-state index is 13.2. The van der Waals surface area contributed by atoms with E-state index in [0.717, 1.165) is 12.8 Å². The fraction of sp³-hybridized carbons (Fsp3) is 0.500. The first-order valence-electron chi connectivity index (χ1n) is 6.38. The molecule has 0 saturated heterocycles. The van der Waals surface area contributed by atoms with Crippen LogP contribution >= 0.6 is 0 Å². The summed E-state index contributed by atoms with van der Waals surface area (Å²) < 4.78 is 18.3. The third-order valence-electron chi connectivity index (χ3n) is 2.70. The van der Waals surface area contributed by atoms with Crippen LogP contribution in [0, 0.1) is 11.7 Å². The van der Waals surface area contributed by atoms with Gasteiger partial charge in [0.15, 0.2) is 18.2 Å². The predicted octanol–water partition coefficient (Wildman–Crippen LogP) is 1.73. The van der Waals surface area contributed by atoms with Gasteiger partial charge in [-0.1, -0.05) is 19.1 Å². The quantitative estimate of drug-likeness (QED) is 0.707. The highest BCUT2D eigenvalue weighted by atomic mass is 19.1. The van der Waals surface area contributed by atoms with Crippen molar-refractivity contribution in [3.8, 4) is 5.75 Å². The molecule has 0 aromatic heterocycles. The Labute approximate surface area is 112 Å². The van der Waals surface area contributed by atoms with Gasteiger partial charge in [0.05, 0.1) is 0 Å². The lowest BCUT2D eigenvalue weighted by Crippen LogP contribution is -2.30. The molecule has 1 aromatic carbocycles. The SMILES string of the molecule is CC(CO)CCCNC(=O)COc1ccccc1F. The van der Waals surface area contributed by atoms with Crippen molar-refractivity contribution in [1.82, 2.24) is 5.32 Å². The summed E-state index contributed by atoms with van der Waals surface area (Å²) in [7, 11) is 0. The monoisotopic (exact) mass is 269 g/mol. The minimum atomic E-state index is -0.480. The van der Waals surface area contributed by atoms with Gasteiger partial charge in [-0.15, -0.1) is 0 Å². The standard InChI is InChI=1S/C14H20FNO3/c1-11(9-17)5-4-8-16-14(18)10-19-13-7-3-2-6-12(13)15/h2-3,6-7,11,17H,4-5,8-10H2,1H3,(H,16,18). The lowest BCUT2D eigenvalue weighted by molar-refractivity contribution is -0.123. The number of carbonyl (C=O) groups is 1. The van der Waals surface area contributed by atoms with Crippen molar-refractivity contribution >= 4 is 5.91 Å². The molecular weight excluding hydrogens is 249 g/mol. The summed E-state index contributed by atoms with van der Waals surface area (Å²) in [5, 5.41) is 11.5. The van der Waals surface area contributed by atoms with Gasteiger partial charge in [-0.2, -0.15) is 0 Å². The maximum Gasteiger partial charge on any atom is 0.257 e. The molecule has 0 bridgehead atoms. The number of aliphatic hydroxyl groups excluding tert-OH is 1. The van der Waals surface area contributed by atoms with E-state index in [1.54, 1.807) is 12.1 Å². The molecule has 1 rings (SSSR count). The zero-order chi connectivity index (χ0) is 14.1. The molecular formula is C14H20FNO3. The number of nitrogens with one attached hydrogen (secondary N) is 1. The van der Waals surface area contributed by atoms with Gasteiger partial charge in [-0.3, -0.25) is 4.79 Å². The van der Waals surface area contributed by atoms with Crippen LogP contribution in [0.5, 0.6) is 5.75 Å². The van der Waals surface area contributed by atoms with Gasteiger partial charge in [0, 0.05) is 13.2 Å². The fourth-order valence-corrected chi connectivity index (χ4v) is 1.53. The molecule has 1 aromatic rings. The molecule has 5 heteroatoms. The first-order chi connectivity index (χ1) is 9.13. The minimum Gasteiger partial charge on any atom is -0.481 e. The molecule has 0 radical (unpaired) electrons. The number of hydrogen-bond donors (Lipinski definition) is 2. The number of ether oxygens (including phenoxy) is 1. The van der Waals surface area contributed by atoms with Crippen LogP contribution in [0.1, 0.15) is 19.8 Å². The Morgan fingerprint density at radius 3 is 2.89 bits per heavy atom. The summed E-state index contributed by atoms with van der Waals surface area (Å²) in [4.78, 5) is 11.4. The zero-order valence-corrected chi connectivity index (χ0v) is 11.1. The third kappa shape index (κ3) is 6.20. The van der Waals surface area contributed by atoms with Crippen LogP contribution in [0.4, 0.5) is 4.39 Å². The van der Waals surface area contributed by atoms with Gasteiger partial charge in [0.2, 0.25) is 0 Å².